The van der Waals surface area contributed by atoms with Crippen LogP contribution < -0.4 is 5.32 Å². The first-order valence-corrected chi connectivity index (χ1v) is 5.59. The Bertz CT molecular complexity index is 204. The van der Waals surface area contributed by atoms with Crippen LogP contribution in [-0.2, 0) is 4.79 Å². The Morgan fingerprint density at radius 3 is 2.57 bits per heavy atom. The van der Waals surface area contributed by atoms with E-state index in [9.17, 15) is 4.79 Å². The maximum absolute atomic E-state index is 11.5. The Kier molecular flexibility index (Phi) is 4.71. The Morgan fingerprint density at radius 2 is 2.00 bits per heavy atom. The van der Waals surface area contributed by atoms with Gasteiger partial charge in [-0.1, -0.05) is 31.4 Å². The monoisotopic (exact) mass is 195 g/mol. The van der Waals surface area contributed by atoms with Crippen LogP contribution in [0.4, 0.5) is 0 Å². The van der Waals surface area contributed by atoms with Crippen LogP contribution in [0.5, 0.6) is 0 Å². The lowest BCUT2D eigenvalue weighted by Gasteiger charge is -2.20. The van der Waals surface area contributed by atoms with Gasteiger partial charge in [0.25, 0.3) is 0 Å². The summed E-state index contributed by atoms with van der Waals surface area (Å²) in [5.41, 5.74) is 1.02. The summed E-state index contributed by atoms with van der Waals surface area (Å²) in [6.45, 7) is 6.32. The second-order valence-corrected chi connectivity index (χ2v) is 4.44. The second kappa shape index (κ2) is 5.84. The number of carbonyl (C=O) groups is 1. The Labute approximate surface area is 86.8 Å². The van der Waals surface area contributed by atoms with E-state index in [4.69, 9.17) is 0 Å². The first-order chi connectivity index (χ1) is 6.68. The molecule has 0 bridgehead atoms. The van der Waals surface area contributed by atoms with Gasteiger partial charge in [0.1, 0.15) is 0 Å². The quantitative estimate of drug-likeness (QED) is 0.686. The van der Waals surface area contributed by atoms with Crippen molar-refractivity contribution in [3.8, 4) is 0 Å². The molecule has 0 atom stereocenters. The number of amides is 1. The van der Waals surface area contributed by atoms with E-state index in [1.54, 1.807) is 0 Å². The highest BCUT2D eigenvalue weighted by atomic mass is 16.1. The molecule has 80 valence electrons. The van der Waals surface area contributed by atoms with Gasteiger partial charge in [-0.15, -0.1) is 0 Å². The fourth-order valence-electron chi connectivity index (χ4n) is 1.98. The molecule has 14 heavy (non-hydrogen) atoms. The summed E-state index contributed by atoms with van der Waals surface area (Å²) in [5, 5.41) is 2.89. The van der Waals surface area contributed by atoms with E-state index >= 15 is 0 Å². The number of nitrogens with one attached hydrogen (secondary N) is 1. The van der Waals surface area contributed by atoms with Crippen LogP contribution in [0, 0.1) is 5.92 Å². The molecule has 1 N–H and O–H groups in total. The highest BCUT2D eigenvalue weighted by molar-refractivity contribution is 5.76. The smallest absolute Gasteiger partial charge is 0.220 e. The van der Waals surface area contributed by atoms with Gasteiger partial charge in [-0.2, -0.15) is 0 Å². The van der Waals surface area contributed by atoms with Gasteiger partial charge in [0, 0.05) is 13.0 Å². The van der Waals surface area contributed by atoms with E-state index < -0.39 is 0 Å². The van der Waals surface area contributed by atoms with E-state index in [1.165, 1.54) is 32.1 Å². The van der Waals surface area contributed by atoms with Gasteiger partial charge in [0.05, 0.1) is 0 Å². The number of hydrogen-bond donors (Lipinski definition) is 1. The van der Waals surface area contributed by atoms with Gasteiger partial charge in [0.2, 0.25) is 5.91 Å². The predicted octanol–water partition coefficient (Wildman–Crippen LogP) is 2.65. The lowest BCUT2D eigenvalue weighted by Crippen LogP contribution is -2.27. The minimum atomic E-state index is 0.194. The van der Waals surface area contributed by atoms with Crippen molar-refractivity contribution in [2.75, 3.05) is 6.54 Å². The van der Waals surface area contributed by atoms with Crippen molar-refractivity contribution >= 4 is 5.91 Å². The standard InChI is InChI=1S/C12H21NO/c1-10(2)9-13-12(14)8-11-6-4-3-5-7-11/h11H,1,3-9H2,2H3,(H,13,14). The van der Waals surface area contributed by atoms with Crippen molar-refractivity contribution in [1.82, 2.24) is 5.32 Å². The molecular weight excluding hydrogens is 174 g/mol. The summed E-state index contributed by atoms with van der Waals surface area (Å²) in [4.78, 5) is 11.5. The SMILES string of the molecule is C=C(C)CNC(=O)CC1CCCCC1. The normalized spacial score (nSPS) is 17.8. The molecule has 0 aromatic rings. The third-order valence-corrected chi connectivity index (χ3v) is 2.79. The van der Waals surface area contributed by atoms with E-state index in [0.29, 0.717) is 18.9 Å². The molecule has 2 heteroatoms. The molecule has 0 aliphatic heterocycles. The topological polar surface area (TPSA) is 29.1 Å². The summed E-state index contributed by atoms with van der Waals surface area (Å²) >= 11 is 0. The average molecular weight is 195 g/mol. The highest BCUT2D eigenvalue weighted by Crippen LogP contribution is 2.25. The Morgan fingerprint density at radius 1 is 1.36 bits per heavy atom. The average Bonchev–Trinajstić information content (AvgIpc) is 2.16. The van der Waals surface area contributed by atoms with Crippen molar-refractivity contribution in [2.24, 2.45) is 5.92 Å². The molecule has 0 aromatic carbocycles. The maximum atomic E-state index is 11.5. The van der Waals surface area contributed by atoms with Crippen LogP contribution >= 0.6 is 0 Å². The zero-order valence-corrected chi connectivity index (χ0v) is 9.14. The van der Waals surface area contributed by atoms with Crippen molar-refractivity contribution in [3.05, 3.63) is 12.2 Å². The molecule has 1 rings (SSSR count). The van der Waals surface area contributed by atoms with Gasteiger partial charge < -0.3 is 5.32 Å². The minimum Gasteiger partial charge on any atom is -0.352 e. The predicted molar refractivity (Wildman–Crippen MR) is 59.0 cm³/mol. The lowest BCUT2D eigenvalue weighted by molar-refractivity contribution is -0.122. The molecule has 1 fully saturated rings. The molecule has 1 amide bonds. The van der Waals surface area contributed by atoms with Crippen LogP contribution in [0.1, 0.15) is 45.4 Å². The zero-order valence-electron chi connectivity index (χ0n) is 9.14. The van der Waals surface area contributed by atoms with E-state index in [-0.39, 0.29) is 5.91 Å². The number of rotatable bonds is 4. The summed E-state index contributed by atoms with van der Waals surface area (Å²) in [5.74, 6) is 0.828. The molecule has 0 aromatic heterocycles. The zero-order chi connectivity index (χ0) is 10.4. The van der Waals surface area contributed by atoms with Crippen LogP contribution in [0.3, 0.4) is 0 Å². The molecule has 2 nitrogen and oxygen atoms in total. The largest absolute Gasteiger partial charge is 0.352 e. The van der Waals surface area contributed by atoms with Crippen LogP contribution in [0.25, 0.3) is 0 Å². The highest BCUT2D eigenvalue weighted by Gasteiger charge is 2.16. The third kappa shape index (κ3) is 4.45. The van der Waals surface area contributed by atoms with Crippen LogP contribution in [-0.4, -0.2) is 12.5 Å². The van der Waals surface area contributed by atoms with Crippen LogP contribution in [0.15, 0.2) is 12.2 Å². The summed E-state index contributed by atoms with van der Waals surface area (Å²) in [6, 6.07) is 0. The molecule has 0 radical (unpaired) electrons. The summed E-state index contributed by atoms with van der Waals surface area (Å²) in [7, 11) is 0. The van der Waals surface area contributed by atoms with Gasteiger partial charge in [-0.25, -0.2) is 0 Å². The van der Waals surface area contributed by atoms with E-state index in [2.05, 4.69) is 11.9 Å². The first-order valence-electron chi connectivity index (χ1n) is 5.59. The van der Waals surface area contributed by atoms with Gasteiger partial charge in [-0.05, 0) is 25.7 Å². The fraction of sp³-hybridized carbons (Fsp3) is 0.750. The van der Waals surface area contributed by atoms with Crippen molar-refractivity contribution in [3.63, 3.8) is 0 Å². The molecule has 0 heterocycles. The Balaban J connectivity index is 2.15. The summed E-state index contributed by atoms with van der Waals surface area (Å²) in [6.07, 6.45) is 7.15. The third-order valence-electron chi connectivity index (χ3n) is 2.79. The maximum Gasteiger partial charge on any atom is 0.220 e. The fourth-order valence-corrected chi connectivity index (χ4v) is 1.98. The van der Waals surface area contributed by atoms with Crippen molar-refractivity contribution in [1.29, 1.82) is 0 Å². The lowest BCUT2D eigenvalue weighted by atomic mass is 9.87. The molecule has 1 aliphatic carbocycles. The molecule has 0 unspecified atom stereocenters. The minimum absolute atomic E-state index is 0.194. The molecule has 1 aliphatic rings. The van der Waals surface area contributed by atoms with Gasteiger partial charge >= 0.3 is 0 Å². The number of carbonyl (C=O) groups excluding carboxylic acids is 1. The van der Waals surface area contributed by atoms with Crippen molar-refractivity contribution < 1.29 is 4.79 Å². The van der Waals surface area contributed by atoms with E-state index in [0.717, 1.165) is 5.57 Å². The Hall–Kier alpha value is -0.790. The molecule has 1 saturated carbocycles. The number of hydrogen-bond acceptors (Lipinski definition) is 1. The van der Waals surface area contributed by atoms with Crippen molar-refractivity contribution in [2.45, 2.75) is 45.4 Å². The molecule has 0 saturated heterocycles. The first kappa shape index (κ1) is 11.3. The molecule has 0 spiro atoms. The van der Waals surface area contributed by atoms with E-state index in [1.807, 2.05) is 6.92 Å². The van der Waals surface area contributed by atoms with Crippen LogP contribution in [0.2, 0.25) is 0 Å². The molecular formula is C12H21NO. The summed E-state index contributed by atoms with van der Waals surface area (Å²) < 4.78 is 0. The van der Waals surface area contributed by atoms with Gasteiger partial charge in [-0.3, -0.25) is 4.79 Å². The van der Waals surface area contributed by atoms with Gasteiger partial charge in [0.15, 0.2) is 0 Å². The second-order valence-electron chi connectivity index (χ2n) is 4.44.